The van der Waals surface area contributed by atoms with Crippen LogP contribution >= 0.6 is 0 Å². The average Bonchev–Trinajstić information content (AvgIpc) is 1.77. The highest BCUT2D eigenvalue weighted by molar-refractivity contribution is 5.11. The smallest absolute Gasteiger partial charge is 0.0139 e. The lowest BCUT2D eigenvalue weighted by molar-refractivity contribution is 0.662. The van der Waals surface area contributed by atoms with Crippen molar-refractivity contribution in [2.24, 2.45) is 5.92 Å². The van der Waals surface area contributed by atoms with Crippen LogP contribution in [0, 0.1) is 5.92 Å². The minimum absolute atomic E-state index is 0.722. The van der Waals surface area contributed by atoms with Gasteiger partial charge in [-0.3, -0.25) is 0 Å². The first-order valence-corrected chi connectivity index (χ1v) is 3.13. The lowest BCUT2D eigenvalue weighted by Gasteiger charge is -2.14. The van der Waals surface area contributed by atoms with Crippen molar-refractivity contribution in [2.75, 3.05) is 0 Å². The molecule has 0 radical (unpaired) electrons. The van der Waals surface area contributed by atoms with Crippen molar-refractivity contribution in [1.82, 2.24) is 0 Å². The largest absolute Gasteiger partial charge is 0.0993 e. The maximum Gasteiger partial charge on any atom is -0.0139 e. The van der Waals surface area contributed by atoms with Crippen molar-refractivity contribution in [3.8, 4) is 0 Å². The highest BCUT2D eigenvalue weighted by atomic mass is 14.1. The third-order valence-corrected chi connectivity index (χ3v) is 1.73. The lowest BCUT2D eigenvalue weighted by atomic mass is 9.92. The molecule has 44 valence electrons. The molecule has 0 N–H and O–H groups in total. The average molecular weight is 108 g/mol. The zero-order valence-electron chi connectivity index (χ0n) is 5.35. The van der Waals surface area contributed by atoms with E-state index in [1.54, 1.807) is 0 Å². The van der Waals surface area contributed by atoms with Gasteiger partial charge < -0.3 is 0 Å². The van der Waals surface area contributed by atoms with Crippen LogP contribution in [0.2, 0.25) is 0 Å². The number of rotatable bonds is 0. The van der Waals surface area contributed by atoms with E-state index in [4.69, 9.17) is 0 Å². The quantitative estimate of drug-likeness (QED) is 0.418. The molecular weight excluding hydrogens is 96.1 g/mol. The molecule has 0 saturated heterocycles. The van der Waals surface area contributed by atoms with E-state index in [1.165, 1.54) is 12.0 Å². The Kier molecular flexibility index (Phi) is 1.52. The van der Waals surface area contributed by atoms with Crippen molar-refractivity contribution in [3.63, 3.8) is 0 Å². The van der Waals surface area contributed by atoms with Gasteiger partial charge in [0.2, 0.25) is 0 Å². The molecule has 1 aliphatic carbocycles. The van der Waals surface area contributed by atoms with E-state index in [0.29, 0.717) is 0 Å². The Morgan fingerprint density at radius 3 is 2.75 bits per heavy atom. The monoisotopic (exact) mass is 108 g/mol. The predicted octanol–water partition coefficient (Wildman–Crippen LogP) is 2.53. The van der Waals surface area contributed by atoms with Gasteiger partial charge in [-0.2, -0.15) is 0 Å². The van der Waals surface area contributed by atoms with Crippen LogP contribution in [0.1, 0.15) is 19.8 Å². The maximum absolute atomic E-state index is 3.94. The molecule has 1 unspecified atom stereocenters. The van der Waals surface area contributed by atoms with E-state index < -0.39 is 0 Å². The molecule has 0 aromatic rings. The summed E-state index contributed by atoms with van der Waals surface area (Å²) in [5.41, 5.74) is 1.38. The Labute approximate surface area is 50.9 Å². The molecule has 1 atom stereocenters. The van der Waals surface area contributed by atoms with Crippen molar-refractivity contribution in [1.29, 1.82) is 0 Å². The van der Waals surface area contributed by atoms with E-state index in [2.05, 4.69) is 25.7 Å². The SMILES string of the molecule is C=C1CC=CCC1C. The third kappa shape index (κ3) is 1.00. The first-order valence-electron chi connectivity index (χ1n) is 3.13. The van der Waals surface area contributed by atoms with Crippen LogP contribution in [-0.4, -0.2) is 0 Å². The molecule has 0 aromatic heterocycles. The van der Waals surface area contributed by atoms with Gasteiger partial charge in [-0.05, 0) is 18.8 Å². The van der Waals surface area contributed by atoms with Gasteiger partial charge >= 0.3 is 0 Å². The number of hydrogen-bond acceptors (Lipinski definition) is 0. The minimum Gasteiger partial charge on any atom is -0.0993 e. The molecule has 0 fully saturated rings. The molecule has 0 bridgehead atoms. The van der Waals surface area contributed by atoms with Gasteiger partial charge in [0.05, 0.1) is 0 Å². The molecule has 0 heteroatoms. The van der Waals surface area contributed by atoms with Gasteiger partial charge in [0.15, 0.2) is 0 Å². The zero-order valence-corrected chi connectivity index (χ0v) is 5.35. The van der Waals surface area contributed by atoms with E-state index in [-0.39, 0.29) is 0 Å². The maximum atomic E-state index is 3.94. The summed E-state index contributed by atoms with van der Waals surface area (Å²) in [7, 11) is 0. The van der Waals surface area contributed by atoms with Crippen molar-refractivity contribution < 1.29 is 0 Å². The van der Waals surface area contributed by atoms with Gasteiger partial charge in [-0.15, -0.1) is 0 Å². The highest BCUT2D eigenvalue weighted by Crippen LogP contribution is 2.21. The lowest BCUT2D eigenvalue weighted by Crippen LogP contribution is -1.99. The fourth-order valence-corrected chi connectivity index (χ4v) is 0.903. The Hall–Kier alpha value is -0.520. The molecule has 0 amide bonds. The van der Waals surface area contributed by atoms with Crippen LogP contribution in [0.5, 0.6) is 0 Å². The van der Waals surface area contributed by atoms with Crippen LogP contribution in [0.25, 0.3) is 0 Å². The second-order valence-corrected chi connectivity index (χ2v) is 2.47. The molecule has 1 rings (SSSR count). The van der Waals surface area contributed by atoms with Crippen molar-refractivity contribution in [3.05, 3.63) is 24.3 Å². The molecule has 0 spiro atoms. The molecule has 0 heterocycles. The zero-order chi connectivity index (χ0) is 5.98. The molecular formula is C8H12. The van der Waals surface area contributed by atoms with Crippen LogP contribution in [0.3, 0.4) is 0 Å². The van der Waals surface area contributed by atoms with Crippen LogP contribution in [-0.2, 0) is 0 Å². The Bertz CT molecular complexity index is 120. The summed E-state index contributed by atoms with van der Waals surface area (Å²) in [5, 5.41) is 0. The van der Waals surface area contributed by atoms with Gasteiger partial charge in [0.25, 0.3) is 0 Å². The fraction of sp³-hybridized carbons (Fsp3) is 0.500. The molecule has 1 aliphatic rings. The summed E-state index contributed by atoms with van der Waals surface area (Å²) in [6, 6.07) is 0. The fourth-order valence-electron chi connectivity index (χ4n) is 0.903. The second kappa shape index (κ2) is 2.17. The summed E-state index contributed by atoms with van der Waals surface area (Å²) in [5.74, 6) is 0.722. The summed E-state index contributed by atoms with van der Waals surface area (Å²) in [6.45, 7) is 6.17. The van der Waals surface area contributed by atoms with Crippen molar-refractivity contribution >= 4 is 0 Å². The molecule has 0 aromatic carbocycles. The van der Waals surface area contributed by atoms with Crippen LogP contribution in [0.4, 0.5) is 0 Å². The Morgan fingerprint density at radius 1 is 1.62 bits per heavy atom. The summed E-state index contributed by atoms with van der Waals surface area (Å²) >= 11 is 0. The van der Waals surface area contributed by atoms with Gasteiger partial charge in [0.1, 0.15) is 0 Å². The van der Waals surface area contributed by atoms with Gasteiger partial charge in [0, 0.05) is 0 Å². The summed E-state index contributed by atoms with van der Waals surface area (Å²) in [4.78, 5) is 0. The summed E-state index contributed by atoms with van der Waals surface area (Å²) < 4.78 is 0. The Morgan fingerprint density at radius 2 is 2.38 bits per heavy atom. The van der Waals surface area contributed by atoms with Crippen molar-refractivity contribution in [2.45, 2.75) is 19.8 Å². The van der Waals surface area contributed by atoms with Crippen LogP contribution < -0.4 is 0 Å². The minimum atomic E-state index is 0.722. The molecule has 8 heavy (non-hydrogen) atoms. The Balaban J connectivity index is 2.57. The third-order valence-electron chi connectivity index (χ3n) is 1.73. The van der Waals surface area contributed by atoms with E-state index >= 15 is 0 Å². The van der Waals surface area contributed by atoms with Gasteiger partial charge in [-0.25, -0.2) is 0 Å². The molecule has 0 nitrogen and oxygen atoms in total. The van der Waals surface area contributed by atoms with Crippen LogP contribution in [0.15, 0.2) is 24.3 Å². The first-order chi connectivity index (χ1) is 3.80. The first kappa shape index (κ1) is 5.61. The summed E-state index contributed by atoms with van der Waals surface area (Å²) in [6.07, 6.45) is 6.72. The van der Waals surface area contributed by atoms with E-state index in [9.17, 15) is 0 Å². The molecule has 0 aliphatic heterocycles. The standard InChI is InChI=1S/C8H12/c1-7-5-3-4-6-8(7)2/h3-4,8H,1,5-6H2,2H3. The topological polar surface area (TPSA) is 0 Å². The van der Waals surface area contributed by atoms with E-state index in [0.717, 1.165) is 12.3 Å². The number of allylic oxidation sites excluding steroid dienone is 3. The molecule has 0 saturated carbocycles. The number of hydrogen-bond donors (Lipinski definition) is 0. The normalized spacial score (nSPS) is 28.6. The second-order valence-electron chi connectivity index (χ2n) is 2.47. The van der Waals surface area contributed by atoms with E-state index in [1.807, 2.05) is 0 Å². The highest BCUT2D eigenvalue weighted by Gasteiger charge is 2.05. The van der Waals surface area contributed by atoms with Gasteiger partial charge in [-0.1, -0.05) is 31.2 Å². The predicted molar refractivity (Wildman–Crippen MR) is 36.7 cm³/mol.